The van der Waals surface area contributed by atoms with Crippen molar-refractivity contribution >= 4 is 18.4 Å². The average Bonchev–Trinajstić information content (AvgIpc) is 3.22. The largest absolute Gasteiger partial charge is 0.496 e. The van der Waals surface area contributed by atoms with Crippen LogP contribution in [0.1, 0.15) is 49.1 Å². The van der Waals surface area contributed by atoms with Gasteiger partial charge in [-0.15, -0.1) is 0 Å². The predicted octanol–water partition coefficient (Wildman–Crippen LogP) is 5.60. The van der Waals surface area contributed by atoms with Crippen molar-refractivity contribution in [3.8, 4) is 11.5 Å². The molecule has 2 aromatic rings. The van der Waals surface area contributed by atoms with Gasteiger partial charge in [0, 0.05) is 5.56 Å². The van der Waals surface area contributed by atoms with Gasteiger partial charge in [0.1, 0.15) is 17.6 Å². The van der Waals surface area contributed by atoms with Gasteiger partial charge in [0.2, 0.25) is 0 Å². The van der Waals surface area contributed by atoms with Crippen LogP contribution in [0.2, 0.25) is 18.1 Å². The van der Waals surface area contributed by atoms with Crippen molar-refractivity contribution in [2.75, 3.05) is 27.1 Å². The van der Waals surface area contributed by atoms with E-state index in [9.17, 15) is 8.42 Å². The van der Waals surface area contributed by atoms with Crippen LogP contribution in [-0.2, 0) is 36.3 Å². The maximum absolute atomic E-state index is 12.1. The molecule has 0 radical (unpaired) electrons. The second-order valence-corrected chi connectivity index (χ2v) is 17.7. The molecule has 9 heteroatoms. The molecule has 2 aromatic carbocycles. The summed E-state index contributed by atoms with van der Waals surface area (Å²) in [6.45, 7) is 12.6. The van der Waals surface area contributed by atoms with Crippen LogP contribution in [0.5, 0.6) is 11.5 Å². The van der Waals surface area contributed by atoms with Crippen LogP contribution in [0.15, 0.2) is 36.4 Å². The van der Waals surface area contributed by atoms with Crippen molar-refractivity contribution < 1.29 is 31.2 Å². The Hall–Kier alpha value is -1.91. The van der Waals surface area contributed by atoms with Crippen molar-refractivity contribution in [2.24, 2.45) is 0 Å². The van der Waals surface area contributed by atoms with E-state index < -0.39 is 30.6 Å². The third-order valence-corrected chi connectivity index (χ3v) is 12.5. The van der Waals surface area contributed by atoms with Gasteiger partial charge in [0.15, 0.2) is 8.32 Å². The molecule has 3 rings (SSSR count). The Kier molecular flexibility index (Phi) is 9.17. The van der Waals surface area contributed by atoms with Crippen molar-refractivity contribution in [1.82, 2.24) is 0 Å². The van der Waals surface area contributed by atoms with Gasteiger partial charge in [-0.1, -0.05) is 45.0 Å². The molecule has 2 unspecified atom stereocenters. The predicted molar refractivity (Wildman–Crippen MR) is 149 cm³/mol. The fourth-order valence-electron chi connectivity index (χ4n) is 4.37. The molecule has 1 aliphatic rings. The van der Waals surface area contributed by atoms with Gasteiger partial charge in [0.25, 0.3) is 10.1 Å². The zero-order valence-electron chi connectivity index (χ0n) is 23.6. The quantitative estimate of drug-likeness (QED) is 0.266. The monoisotopic (exact) mass is 550 g/mol. The van der Waals surface area contributed by atoms with Crippen LogP contribution < -0.4 is 9.47 Å². The highest BCUT2D eigenvalue weighted by atomic mass is 32.2. The van der Waals surface area contributed by atoms with E-state index in [2.05, 4.69) is 46.0 Å². The third kappa shape index (κ3) is 7.35. The number of rotatable bonds is 11. The van der Waals surface area contributed by atoms with Crippen LogP contribution in [0.3, 0.4) is 0 Å². The highest BCUT2D eigenvalue weighted by Crippen LogP contribution is 2.43. The summed E-state index contributed by atoms with van der Waals surface area (Å²) in [6, 6.07) is 12.1. The normalized spacial score (nSPS) is 16.4. The topological polar surface area (TPSA) is 80.3 Å². The highest BCUT2D eigenvalue weighted by Gasteiger charge is 2.43. The lowest BCUT2D eigenvalue weighted by molar-refractivity contribution is -0.0864. The second kappa shape index (κ2) is 11.5. The summed E-state index contributed by atoms with van der Waals surface area (Å²) in [5, 5.41) is -0.0873. The molecule has 37 heavy (non-hydrogen) atoms. The Morgan fingerprint density at radius 3 is 1.95 bits per heavy atom. The summed E-state index contributed by atoms with van der Waals surface area (Å²) in [5.41, 5.74) is 4.16. The van der Waals surface area contributed by atoms with E-state index in [1.54, 1.807) is 14.2 Å². The fourth-order valence-corrected chi connectivity index (χ4v) is 6.03. The first-order valence-electron chi connectivity index (χ1n) is 12.6. The van der Waals surface area contributed by atoms with E-state index in [4.69, 9.17) is 22.8 Å². The van der Waals surface area contributed by atoms with Gasteiger partial charge >= 0.3 is 0 Å². The Morgan fingerprint density at radius 1 is 1.00 bits per heavy atom. The minimum atomic E-state index is -3.70. The van der Waals surface area contributed by atoms with Crippen molar-refractivity contribution in [2.45, 2.75) is 77.0 Å². The highest BCUT2D eigenvalue weighted by molar-refractivity contribution is 7.85. The molecule has 0 saturated heterocycles. The number of hydrogen-bond donors (Lipinski definition) is 0. The Morgan fingerprint density at radius 2 is 1.51 bits per heavy atom. The molecule has 206 valence electrons. The summed E-state index contributed by atoms with van der Waals surface area (Å²) < 4.78 is 54.4. The fraction of sp³-hybridized carbons (Fsp3) is 0.571. The Balaban J connectivity index is 2.07. The van der Waals surface area contributed by atoms with E-state index >= 15 is 0 Å². The lowest BCUT2D eigenvalue weighted by Gasteiger charge is -2.42. The number of methoxy groups -OCH3 is 2. The van der Waals surface area contributed by atoms with Gasteiger partial charge in [-0.05, 0) is 66.7 Å². The molecular formula is C28H42O7SSi. The molecule has 2 atom stereocenters. The first-order valence-corrected chi connectivity index (χ1v) is 17.3. The number of benzene rings is 2. The SMILES string of the molecule is COc1cc(C(O[Si](C)(C)C(C)(C)C)C(COS(C)(=O)=O)OC2Cc3ccccc3C2)cc(OC)c1C. The molecule has 0 bridgehead atoms. The molecule has 7 nitrogen and oxygen atoms in total. The lowest BCUT2D eigenvalue weighted by atomic mass is 10.0. The number of ether oxygens (including phenoxy) is 3. The summed E-state index contributed by atoms with van der Waals surface area (Å²) in [7, 11) is -2.81. The molecule has 0 amide bonds. The van der Waals surface area contributed by atoms with Crippen LogP contribution in [0, 0.1) is 6.92 Å². The lowest BCUT2D eigenvalue weighted by Crippen LogP contribution is -2.46. The van der Waals surface area contributed by atoms with Gasteiger partial charge in [-0.2, -0.15) is 8.42 Å². The maximum atomic E-state index is 12.1. The molecular weight excluding hydrogens is 508 g/mol. The van der Waals surface area contributed by atoms with E-state index in [-0.39, 0.29) is 17.7 Å². The average molecular weight is 551 g/mol. The van der Waals surface area contributed by atoms with Crippen LogP contribution in [-0.4, -0.2) is 56.0 Å². The van der Waals surface area contributed by atoms with Gasteiger partial charge in [-0.25, -0.2) is 0 Å². The summed E-state index contributed by atoms with van der Waals surface area (Å²) >= 11 is 0. The van der Waals surface area contributed by atoms with Crippen molar-refractivity contribution in [3.05, 3.63) is 58.7 Å². The smallest absolute Gasteiger partial charge is 0.264 e. The summed E-state index contributed by atoms with van der Waals surface area (Å²) in [6.07, 6.45) is 1.15. The number of fused-ring (bicyclic) bond motifs is 1. The van der Waals surface area contributed by atoms with Crippen molar-refractivity contribution in [1.29, 1.82) is 0 Å². The molecule has 1 aliphatic carbocycles. The van der Waals surface area contributed by atoms with Crippen LogP contribution in [0.25, 0.3) is 0 Å². The Labute approximate surface area is 223 Å². The molecule has 0 fully saturated rings. The molecule has 0 heterocycles. The van der Waals surface area contributed by atoms with E-state index in [1.165, 1.54) is 11.1 Å². The van der Waals surface area contributed by atoms with Crippen LogP contribution in [0.4, 0.5) is 0 Å². The molecule has 0 saturated carbocycles. The molecule has 0 N–H and O–H groups in total. The van der Waals surface area contributed by atoms with E-state index in [0.29, 0.717) is 11.5 Å². The molecule has 0 spiro atoms. The minimum Gasteiger partial charge on any atom is -0.496 e. The second-order valence-electron chi connectivity index (χ2n) is 11.3. The zero-order valence-corrected chi connectivity index (χ0v) is 25.4. The van der Waals surface area contributed by atoms with E-state index in [1.807, 2.05) is 31.2 Å². The minimum absolute atomic E-state index is 0.0873. The first-order chi connectivity index (χ1) is 17.1. The van der Waals surface area contributed by atoms with Gasteiger partial charge in [0.05, 0.1) is 39.3 Å². The standard InChI is InChI=1S/C28H42O7SSi/c1-19-24(31-5)16-22(17-25(19)32-6)27(35-37(8,9)28(2,3)4)26(18-33-36(7,29)30)34-23-14-20-12-10-11-13-21(20)15-23/h10-13,16-17,23,26-27H,14-15,18H2,1-9H3. The third-order valence-electron chi connectivity index (χ3n) is 7.50. The molecule has 0 aromatic heterocycles. The first kappa shape index (κ1) is 29.6. The number of hydrogen-bond acceptors (Lipinski definition) is 7. The summed E-state index contributed by atoms with van der Waals surface area (Å²) in [5.74, 6) is 1.32. The van der Waals surface area contributed by atoms with Crippen LogP contribution >= 0.6 is 0 Å². The zero-order chi connectivity index (χ0) is 27.6. The van der Waals surface area contributed by atoms with Crippen molar-refractivity contribution in [3.63, 3.8) is 0 Å². The Bertz CT molecular complexity index is 1140. The van der Waals surface area contributed by atoms with Gasteiger partial charge < -0.3 is 18.6 Å². The summed E-state index contributed by atoms with van der Waals surface area (Å²) in [4.78, 5) is 0. The van der Waals surface area contributed by atoms with E-state index in [0.717, 1.165) is 30.2 Å². The molecule has 0 aliphatic heterocycles. The maximum Gasteiger partial charge on any atom is 0.264 e. The van der Waals surface area contributed by atoms with Gasteiger partial charge in [-0.3, -0.25) is 4.18 Å².